The Bertz CT molecular complexity index is 1120. The Balaban J connectivity index is 1.67. The van der Waals surface area contributed by atoms with Crippen molar-refractivity contribution in [2.45, 2.75) is 17.7 Å². The number of nitrogens with zero attached hydrogens (tertiary/aromatic N) is 1. The molecular formula is C18H18N2O6S3. The molecule has 0 fully saturated rings. The molecule has 0 saturated carbocycles. The van der Waals surface area contributed by atoms with E-state index in [9.17, 15) is 13.2 Å². The largest absolute Gasteiger partial charge is 0.493 e. The molecule has 154 valence electrons. The number of sulfonamides is 1. The van der Waals surface area contributed by atoms with Gasteiger partial charge < -0.3 is 14.2 Å². The molecule has 0 saturated heterocycles. The van der Waals surface area contributed by atoms with Crippen LogP contribution in [0.25, 0.3) is 10.6 Å². The van der Waals surface area contributed by atoms with Crippen LogP contribution in [-0.4, -0.2) is 33.1 Å². The summed E-state index contributed by atoms with van der Waals surface area (Å²) in [6.07, 6.45) is 0. The lowest BCUT2D eigenvalue weighted by Crippen LogP contribution is -2.10. The number of rotatable bonds is 8. The highest BCUT2D eigenvalue weighted by atomic mass is 32.2. The average Bonchev–Trinajstić information content (AvgIpc) is 3.36. The lowest BCUT2D eigenvalue weighted by molar-refractivity contribution is 0.0469. The summed E-state index contributed by atoms with van der Waals surface area (Å²) >= 11 is 2.27. The fraction of sp³-hybridized carbons (Fsp3) is 0.222. The van der Waals surface area contributed by atoms with E-state index < -0.39 is 16.0 Å². The molecule has 11 heteroatoms. The Morgan fingerprint density at radius 1 is 1.17 bits per heavy atom. The van der Waals surface area contributed by atoms with Crippen molar-refractivity contribution in [3.63, 3.8) is 0 Å². The summed E-state index contributed by atoms with van der Waals surface area (Å²) in [5, 5.41) is 8.96. The lowest BCUT2D eigenvalue weighted by atomic mass is 10.2. The zero-order chi connectivity index (χ0) is 21.0. The standard InChI is InChI=1S/C18H18N2O6S3/c1-3-25-14-5-4-11(6-15(14)24-2)17-20-13(10-28-17)8-26-18(21)12-7-16(27-9-12)29(19,22)23/h4-7,9-10H,3,8H2,1-2H3,(H2,19,22,23). The number of thiazole rings is 1. The molecule has 0 unspecified atom stereocenters. The van der Waals surface area contributed by atoms with E-state index in [4.69, 9.17) is 19.3 Å². The van der Waals surface area contributed by atoms with Crippen molar-refractivity contribution in [2.24, 2.45) is 5.14 Å². The molecule has 0 radical (unpaired) electrons. The average molecular weight is 455 g/mol. The van der Waals surface area contributed by atoms with Gasteiger partial charge in [0.25, 0.3) is 0 Å². The van der Waals surface area contributed by atoms with Crippen molar-refractivity contribution in [2.75, 3.05) is 13.7 Å². The monoisotopic (exact) mass is 454 g/mol. The summed E-state index contributed by atoms with van der Waals surface area (Å²) in [4.78, 5) is 16.6. The van der Waals surface area contributed by atoms with Crippen molar-refractivity contribution in [1.29, 1.82) is 0 Å². The summed E-state index contributed by atoms with van der Waals surface area (Å²) in [5.74, 6) is 0.614. The van der Waals surface area contributed by atoms with Crippen LogP contribution in [-0.2, 0) is 21.4 Å². The molecule has 2 aromatic heterocycles. The van der Waals surface area contributed by atoms with Gasteiger partial charge >= 0.3 is 5.97 Å². The van der Waals surface area contributed by atoms with Crippen LogP contribution in [0.4, 0.5) is 0 Å². The fourth-order valence-electron chi connectivity index (χ4n) is 2.38. The molecule has 0 aliphatic rings. The van der Waals surface area contributed by atoms with E-state index in [1.807, 2.05) is 25.1 Å². The molecule has 0 amide bonds. The van der Waals surface area contributed by atoms with Crippen LogP contribution >= 0.6 is 22.7 Å². The van der Waals surface area contributed by atoms with Crippen molar-refractivity contribution >= 4 is 38.7 Å². The predicted octanol–water partition coefficient (Wildman–Crippen LogP) is 3.28. The van der Waals surface area contributed by atoms with E-state index in [2.05, 4.69) is 4.98 Å². The number of carbonyl (C=O) groups excluding carboxylic acids is 1. The van der Waals surface area contributed by atoms with Crippen molar-refractivity contribution < 1.29 is 27.4 Å². The Morgan fingerprint density at radius 3 is 2.62 bits per heavy atom. The number of primary sulfonamides is 1. The summed E-state index contributed by atoms with van der Waals surface area (Å²) in [5.41, 5.74) is 1.56. The number of carbonyl (C=O) groups is 1. The van der Waals surface area contributed by atoms with Crippen molar-refractivity contribution in [3.05, 3.63) is 46.3 Å². The van der Waals surface area contributed by atoms with Crippen molar-refractivity contribution in [3.8, 4) is 22.1 Å². The molecule has 3 aromatic rings. The van der Waals surface area contributed by atoms with Gasteiger partial charge in [0.2, 0.25) is 10.0 Å². The maximum absolute atomic E-state index is 12.1. The fourth-order valence-corrected chi connectivity index (χ4v) is 4.75. The van der Waals surface area contributed by atoms with Crippen LogP contribution in [0.2, 0.25) is 0 Å². The minimum absolute atomic E-state index is 0.0376. The van der Waals surface area contributed by atoms with Gasteiger partial charge in [0.1, 0.15) is 15.8 Å². The van der Waals surface area contributed by atoms with Gasteiger partial charge in [-0.25, -0.2) is 23.3 Å². The SMILES string of the molecule is CCOc1ccc(-c2nc(COC(=O)c3csc(S(N)(=O)=O)c3)cs2)cc1OC. The van der Waals surface area contributed by atoms with Gasteiger partial charge in [-0.2, -0.15) is 0 Å². The van der Waals surface area contributed by atoms with E-state index in [0.29, 0.717) is 23.8 Å². The minimum atomic E-state index is -3.84. The molecule has 2 heterocycles. The number of methoxy groups -OCH3 is 1. The Hall–Kier alpha value is -2.47. The lowest BCUT2D eigenvalue weighted by Gasteiger charge is -2.09. The maximum atomic E-state index is 12.1. The summed E-state index contributed by atoms with van der Waals surface area (Å²) in [6, 6.07) is 6.72. The first-order valence-electron chi connectivity index (χ1n) is 8.36. The van der Waals surface area contributed by atoms with Crippen molar-refractivity contribution in [1.82, 2.24) is 4.98 Å². The second-order valence-corrected chi connectivity index (χ2v) is 9.28. The van der Waals surface area contributed by atoms with Crippen LogP contribution in [0, 0.1) is 0 Å². The molecule has 0 atom stereocenters. The number of aromatic nitrogens is 1. The normalized spacial score (nSPS) is 11.3. The number of hydrogen-bond acceptors (Lipinski definition) is 9. The Kier molecular flexibility index (Phi) is 6.52. The number of esters is 1. The smallest absolute Gasteiger partial charge is 0.339 e. The van der Waals surface area contributed by atoms with Gasteiger partial charge in [-0.1, -0.05) is 0 Å². The van der Waals surface area contributed by atoms with E-state index in [0.717, 1.165) is 21.9 Å². The molecule has 0 aliphatic heterocycles. The third-order valence-electron chi connectivity index (χ3n) is 3.70. The van der Waals surface area contributed by atoms with Crippen LogP contribution in [0.3, 0.4) is 0 Å². The minimum Gasteiger partial charge on any atom is -0.493 e. The highest BCUT2D eigenvalue weighted by molar-refractivity contribution is 7.91. The summed E-state index contributed by atoms with van der Waals surface area (Å²) in [6.45, 7) is 2.39. The van der Waals surface area contributed by atoms with Gasteiger partial charge in [0.05, 0.1) is 25.0 Å². The third kappa shape index (κ3) is 5.12. The first kappa shape index (κ1) is 21.2. The molecule has 2 N–H and O–H groups in total. The van der Waals surface area contributed by atoms with Crippen LogP contribution in [0.5, 0.6) is 11.5 Å². The van der Waals surface area contributed by atoms with Crippen LogP contribution in [0.15, 0.2) is 39.2 Å². The van der Waals surface area contributed by atoms with Gasteiger partial charge in [0.15, 0.2) is 11.5 Å². The third-order valence-corrected chi connectivity index (χ3v) is 7.03. The molecule has 8 nitrogen and oxygen atoms in total. The number of thiophene rings is 1. The molecule has 29 heavy (non-hydrogen) atoms. The number of nitrogens with two attached hydrogens (primary N) is 1. The first-order chi connectivity index (χ1) is 13.8. The molecule has 1 aromatic carbocycles. The second kappa shape index (κ2) is 8.91. The topological polar surface area (TPSA) is 118 Å². The molecule has 3 rings (SSSR count). The van der Waals surface area contributed by atoms with E-state index in [1.165, 1.54) is 22.8 Å². The van der Waals surface area contributed by atoms with Crippen LogP contribution < -0.4 is 14.6 Å². The van der Waals surface area contributed by atoms with Gasteiger partial charge in [0, 0.05) is 16.3 Å². The van der Waals surface area contributed by atoms with Crippen LogP contribution in [0.1, 0.15) is 23.0 Å². The zero-order valence-electron chi connectivity index (χ0n) is 15.6. The van der Waals surface area contributed by atoms with E-state index >= 15 is 0 Å². The number of hydrogen-bond donors (Lipinski definition) is 1. The first-order valence-corrected chi connectivity index (χ1v) is 11.7. The highest BCUT2D eigenvalue weighted by Crippen LogP contribution is 2.34. The van der Waals surface area contributed by atoms with E-state index in [1.54, 1.807) is 12.5 Å². The predicted molar refractivity (Wildman–Crippen MR) is 110 cm³/mol. The van der Waals surface area contributed by atoms with E-state index in [-0.39, 0.29) is 16.4 Å². The molecule has 0 aliphatic carbocycles. The number of benzene rings is 1. The number of ether oxygens (including phenoxy) is 3. The van der Waals surface area contributed by atoms with Gasteiger partial charge in [-0.15, -0.1) is 22.7 Å². The quantitative estimate of drug-likeness (QED) is 0.519. The summed E-state index contributed by atoms with van der Waals surface area (Å²) < 4.78 is 38.6. The van der Waals surface area contributed by atoms with Gasteiger partial charge in [-0.05, 0) is 31.2 Å². The van der Waals surface area contributed by atoms with Gasteiger partial charge in [-0.3, -0.25) is 0 Å². The Morgan fingerprint density at radius 2 is 1.97 bits per heavy atom. The molecular weight excluding hydrogens is 436 g/mol. The molecule has 0 spiro atoms. The molecule has 0 bridgehead atoms. The Labute approximate surface area is 175 Å². The zero-order valence-corrected chi connectivity index (χ0v) is 18.0. The summed E-state index contributed by atoms with van der Waals surface area (Å²) in [7, 11) is -2.27. The second-order valence-electron chi connectivity index (χ2n) is 5.72. The maximum Gasteiger partial charge on any atom is 0.339 e. The highest BCUT2D eigenvalue weighted by Gasteiger charge is 2.17.